The predicted molar refractivity (Wildman–Crippen MR) is 81.0 cm³/mol. The van der Waals surface area contributed by atoms with Crippen LogP contribution in [0.15, 0.2) is 41.3 Å². The van der Waals surface area contributed by atoms with Crippen molar-refractivity contribution >= 4 is 5.91 Å². The molecule has 1 N–H and O–H groups in total. The zero-order chi connectivity index (χ0) is 16.6. The van der Waals surface area contributed by atoms with E-state index in [0.717, 1.165) is 31.0 Å². The lowest BCUT2D eigenvalue weighted by molar-refractivity contribution is 0.0930. The monoisotopic (exact) mass is 318 g/mol. The number of halogens is 2. The molecular formula is C17H16F2N2O2. The molecule has 2 aromatic rings. The summed E-state index contributed by atoms with van der Waals surface area (Å²) in [7, 11) is 1.58. The highest BCUT2D eigenvalue weighted by atomic mass is 19.1. The summed E-state index contributed by atoms with van der Waals surface area (Å²) in [5, 5.41) is 2.73. The fourth-order valence-electron chi connectivity index (χ4n) is 2.55. The van der Waals surface area contributed by atoms with Crippen molar-refractivity contribution < 1.29 is 13.6 Å². The number of carbonyl (C=O) groups excluding carboxylic acids is 1. The zero-order valence-corrected chi connectivity index (χ0v) is 12.6. The number of amides is 1. The highest BCUT2D eigenvalue weighted by molar-refractivity contribution is 5.94. The summed E-state index contributed by atoms with van der Waals surface area (Å²) >= 11 is 0. The molecular weight excluding hydrogens is 302 g/mol. The maximum absolute atomic E-state index is 14.0. The average Bonchev–Trinajstić information content (AvgIpc) is 3.35. The van der Waals surface area contributed by atoms with Gasteiger partial charge in [-0.05, 0) is 43.0 Å². The minimum absolute atomic E-state index is 0.0850. The summed E-state index contributed by atoms with van der Waals surface area (Å²) in [5.41, 5.74) is 0.0396. The van der Waals surface area contributed by atoms with E-state index in [-0.39, 0.29) is 22.6 Å². The molecule has 1 saturated carbocycles. The van der Waals surface area contributed by atoms with Crippen molar-refractivity contribution in [1.29, 1.82) is 0 Å². The Balaban J connectivity index is 1.88. The highest BCUT2D eigenvalue weighted by Crippen LogP contribution is 2.42. The van der Waals surface area contributed by atoms with Crippen LogP contribution in [0.25, 0.3) is 0 Å². The second kappa shape index (κ2) is 5.95. The van der Waals surface area contributed by atoms with Crippen LogP contribution < -0.4 is 10.9 Å². The van der Waals surface area contributed by atoms with E-state index in [2.05, 4.69) is 5.32 Å². The van der Waals surface area contributed by atoms with Gasteiger partial charge < -0.3 is 9.88 Å². The van der Waals surface area contributed by atoms with Crippen LogP contribution in [0.1, 0.15) is 34.8 Å². The molecule has 3 rings (SSSR count). The number of pyridine rings is 1. The lowest BCUT2D eigenvalue weighted by atomic mass is 10.0. The van der Waals surface area contributed by atoms with Crippen LogP contribution >= 0.6 is 0 Å². The van der Waals surface area contributed by atoms with Crippen LogP contribution in [0.4, 0.5) is 8.78 Å². The second-order valence-corrected chi connectivity index (χ2v) is 5.82. The molecule has 1 heterocycles. The Morgan fingerprint density at radius 1 is 1.26 bits per heavy atom. The highest BCUT2D eigenvalue weighted by Gasteiger charge is 2.35. The molecule has 0 aliphatic heterocycles. The van der Waals surface area contributed by atoms with Crippen molar-refractivity contribution in [3.05, 3.63) is 69.6 Å². The van der Waals surface area contributed by atoms with E-state index in [1.165, 1.54) is 22.9 Å². The van der Waals surface area contributed by atoms with Crippen molar-refractivity contribution in [2.75, 3.05) is 0 Å². The molecule has 0 unspecified atom stereocenters. The molecule has 1 aromatic heterocycles. The van der Waals surface area contributed by atoms with Crippen molar-refractivity contribution in [3.63, 3.8) is 0 Å². The Kier molecular flexibility index (Phi) is 3.98. The molecule has 0 radical (unpaired) electrons. The van der Waals surface area contributed by atoms with Crippen LogP contribution in [0.5, 0.6) is 0 Å². The molecule has 1 aliphatic carbocycles. The SMILES string of the molecule is Cn1ccc(C(=O)N[C@@H](c2cc(F)ccc2F)C2CC2)cc1=O. The molecule has 4 nitrogen and oxygen atoms in total. The van der Waals surface area contributed by atoms with Gasteiger partial charge in [-0.2, -0.15) is 0 Å². The van der Waals surface area contributed by atoms with Crippen molar-refractivity contribution in [2.24, 2.45) is 13.0 Å². The summed E-state index contributed by atoms with van der Waals surface area (Å²) in [4.78, 5) is 24.0. The Morgan fingerprint density at radius 3 is 2.65 bits per heavy atom. The normalized spacial score (nSPS) is 15.3. The van der Waals surface area contributed by atoms with Gasteiger partial charge in [-0.25, -0.2) is 8.78 Å². The quantitative estimate of drug-likeness (QED) is 0.942. The van der Waals surface area contributed by atoms with Crippen LogP contribution in [-0.4, -0.2) is 10.5 Å². The fraction of sp³-hybridized carbons (Fsp3) is 0.294. The minimum atomic E-state index is -0.595. The Bertz CT molecular complexity index is 812. The number of benzene rings is 1. The zero-order valence-electron chi connectivity index (χ0n) is 12.6. The number of nitrogens with one attached hydrogen (secondary N) is 1. The van der Waals surface area contributed by atoms with Crippen LogP contribution in [0.3, 0.4) is 0 Å². The Labute approximate surface area is 131 Å². The lowest BCUT2D eigenvalue weighted by Crippen LogP contribution is -2.31. The van der Waals surface area contributed by atoms with Crippen LogP contribution in [0, 0.1) is 17.6 Å². The third-order valence-electron chi connectivity index (χ3n) is 4.04. The molecule has 1 aromatic carbocycles. The number of rotatable bonds is 4. The first kappa shape index (κ1) is 15.4. The average molecular weight is 318 g/mol. The summed E-state index contributed by atoms with van der Waals surface area (Å²) in [6.07, 6.45) is 3.18. The number of carbonyl (C=O) groups is 1. The van der Waals surface area contributed by atoms with Gasteiger partial charge in [0, 0.05) is 30.4 Å². The molecule has 1 atom stereocenters. The summed E-state index contributed by atoms with van der Waals surface area (Å²) in [6, 6.07) is 5.37. The van der Waals surface area contributed by atoms with Gasteiger partial charge in [0.1, 0.15) is 11.6 Å². The largest absolute Gasteiger partial charge is 0.345 e. The van der Waals surface area contributed by atoms with Gasteiger partial charge in [0.15, 0.2) is 0 Å². The van der Waals surface area contributed by atoms with Crippen LogP contribution in [0.2, 0.25) is 0 Å². The van der Waals surface area contributed by atoms with E-state index in [0.29, 0.717) is 0 Å². The van der Waals surface area contributed by atoms with E-state index in [1.807, 2.05) is 0 Å². The van der Waals surface area contributed by atoms with Gasteiger partial charge in [0.05, 0.1) is 6.04 Å². The smallest absolute Gasteiger partial charge is 0.252 e. The van der Waals surface area contributed by atoms with Gasteiger partial charge in [-0.1, -0.05) is 0 Å². The fourth-order valence-corrected chi connectivity index (χ4v) is 2.55. The molecule has 0 spiro atoms. The van der Waals surface area contributed by atoms with Gasteiger partial charge in [-0.3, -0.25) is 9.59 Å². The summed E-state index contributed by atoms with van der Waals surface area (Å²) < 4.78 is 28.8. The third-order valence-corrected chi connectivity index (χ3v) is 4.04. The minimum Gasteiger partial charge on any atom is -0.345 e. The standard InChI is InChI=1S/C17H16F2N2O2/c1-21-7-6-11(8-15(21)22)17(23)20-16(10-2-3-10)13-9-12(18)4-5-14(13)19/h4-10,16H,2-3H2,1H3,(H,20,23)/t16-/m1/s1. The third kappa shape index (κ3) is 3.31. The second-order valence-electron chi connectivity index (χ2n) is 5.82. The first-order valence-corrected chi connectivity index (χ1v) is 7.38. The first-order valence-electron chi connectivity index (χ1n) is 7.38. The van der Waals surface area contributed by atoms with Crippen molar-refractivity contribution in [1.82, 2.24) is 9.88 Å². The number of aromatic nitrogens is 1. The van der Waals surface area contributed by atoms with Gasteiger partial charge in [0.2, 0.25) is 0 Å². The number of aryl methyl sites for hydroxylation is 1. The van der Waals surface area contributed by atoms with Crippen LogP contribution in [-0.2, 0) is 7.05 Å². The van der Waals surface area contributed by atoms with E-state index in [4.69, 9.17) is 0 Å². The summed E-state index contributed by atoms with van der Waals surface area (Å²) in [6.45, 7) is 0. The van der Waals surface area contributed by atoms with E-state index in [9.17, 15) is 18.4 Å². The number of hydrogen-bond donors (Lipinski definition) is 1. The molecule has 0 bridgehead atoms. The molecule has 120 valence electrons. The molecule has 1 amide bonds. The molecule has 1 fully saturated rings. The molecule has 1 aliphatic rings. The molecule has 23 heavy (non-hydrogen) atoms. The van der Waals surface area contributed by atoms with Gasteiger partial charge in [-0.15, -0.1) is 0 Å². The van der Waals surface area contributed by atoms with Crippen molar-refractivity contribution in [2.45, 2.75) is 18.9 Å². The maximum Gasteiger partial charge on any atom is 0.252 e. The van der Waals surface area contributed by atoms with Gasteiger partial charge in [0.25, 0.3) is 11.5 Å². The Hall–Kier alpha value is -2.50. The van der Waals surface area contributed by atoms with Crippen molar-refractivity contribution in [3.8, 4) is 0 Å². The Morgan fingerprint density at radius 2 is 2.00 bits per heavy atom. The first-order chi connectivity index (χ1) is 11.0. The molecule has 0 saturated heterocycles. The number of nitrogens with zero attached hydrogens (tertiary/aromatic N) is 1. The van der Waals surface area contributed by atoms with Gasteiger partial charge >= 0.3 is 0 Å². The van der Waals surface area contributed by atoms with E-state index >= 15 is 0 Å². The number of hydrogen-bond acceptors (Lipinski definition) is 2. The van der Waals surface area contributed by atoms with E-state index < -0.39 is 23.6 Å². The summed E-state index contributed by atoms with van der Waals surface area (Å²) in [5.74, 6) is -1.48. The topological polar surface area (TPSA) is 51.1 Å². The predicted octanol–water partition coefficient (Wildman–Crippen LogP) is 2.54. The molecule has 6 heteroatoms. The lowest BCUT2D eigenvalue weighted by Gasteiger charge is -2.19. The van der Waals surface area contributed by atoms with E-state index in [1.54, 1.807) is 7.05 Å². The maximum atomic E-state index is 14.0.